The molecule has 172 valence electrons. The molecule has 1 heterocycles. The quantitative estimate of drug-likeness (QED) is 0.408. The molecule has 0 unspecified atom stereocenters. The van der Waals surface area contributed by atoms with Gasteiger partial charge in [-0.1, -0.05) is 59.7 Å². The Hall–Kier alpha value is -4.39. The van der Waals surface area contributed by atoms with Crippen LogP contribution >= 0.6 is 0 Å². The molecule has 0 saturated carbocycles. The molecule has 7 heteroatoms. The molecule has 4 rings (SSSR count). The molecule has 3 aromatic carbocycles. The van der Waals surface area contributed by atoms with Gasteiger partial charge in [0, 0.05) is 5.69 Å². The van der Waals surface area contributed by atoms with Gasteiger partial charge in [-0.25, -0.2) is 9.69 Å². The average molecular weight is 456 g/mol. The molecular weight excluding hydrogens is 430 g/mol. The van der Waals surface area contributed by atoms with Crippen molar-refractivity contribution in [3.05, 3.63) is 101 Å². The van der Waals surface area contributed by atoms with Crippen LogP contribution < -0.4 is 15.4 Å². The van der Waals surface area contributed by atoms with Crippen molar-refractivity contribution in [2.24, 2.45) is 0 Å². The summed E-state index contributed by atoms with van der Waals surface area (Å²) in [4.78, 5) is 38.1. The summed E-state index contributed by atoms with van der Waals surface area (Å²) in [5.41, 5.74) is 4.75. The predicted octanol–water partition coefficient (Wildman–Crippen LogP) is 4.41. The van der Waals surface area contributed by atoms with E-state index < -0.39 is 17.8 Å². The second-order valence-corrected chi connectivity index (χ2v) is 8.14. The number of imide groups is 1. The third-order valence-electron chi connectivity index (χ3n) is 5.28. The van der Waals surface area contributed by atoms with E-state index in [1.165, 1.54) is 5.56 Å². The summed E-state index contributed by atoms with van der Waals surface area (Å²) in [6.45, 7) is 4.06. The summed E-state index contributed by atoms with van der Waals surface area (Å²) in [5, 5.41) is 5.22. The van der Waals surface area contributed by atoms with Crippen LogP contribution in [0.15, 0.2) is 78.5 Å². The number of nitrogens with one attached hydrogen (secondary N) is 2. The Labute approximate surface area is 198 Å². The number of aryl methyl sites for hydroxylation is 2. The van der Waals surface area contributed by atoms with Crippen LogP contribution in [-0.4, -0.2) is 29.3 Å². The van der Waals surface area contributed by atoms with Gasteiger partial charge in [-0.05, 0) is 55.3 Å². The van der Waals surface area contributed by atoms with Crippen LogP contribution in [0.2, 0.25) is 0 Å². The summed E-state index contributed by atoms with van der Waals surface area (Å²) in [6.07, 6.45) is 1.57. The van der Waals surface area contributed by atoms with E-state index >= 15 is 0 Å². The Morgan fingerprint density at radius 3 is 2.41 bits per heavy atom. The number of carbonyl (C=O) groups excluding carboxylic acids is 3. The fraction of sp³-hybridized carbons (Fsp3) is 0.148. The summed E-state index contributed by atoms with van der Waals surface area (Å²) in [5.74, 6) is -0.313. The maximum atomic E-state index is 12.7. The number of hydrogen-bond acceptors (Lipinski definition) is 4. The molecule has 0 bridgehead atoms. The number of benzene rings is 3. The zero-order valence-electron chi connectivity index (χ0n) is 19.0. The lowest BCUT2D eigenvalue weighted by Crippen LogP contribution is -2.38. The van der Waals surface area contributed by atoms with Gasteiger partial charge >= 0.3 is 6.03 Å². The van der Waals surface area contributed by atoms with Gasteiger partial charge < -0.3 is 15.4 Å². The maximum Gasteiger partial charge on any atom is 0.329 e. The number of hydrogen-bond donors (Lipinski definition) is 2. The van der Waals surface area contributed by atoms with Crippen LogP contribution in [0.1, 0.15) is 22.3 Å². The molecule has 0 radical (unpaired) electrons. The Kier molecular flexibility index (Phi) is 6.73. The lowest BCUT2D eigenvalue weighted by atomic mass is 10.1. The van der Waals surface area contributed by atoms with E-state index in [0.717, 1.165) is 21.6 Å². The van der Waals surface area contributed by atoms with Crippen molar-refractivity contribution in [3.63, 3.8) is 0 Å². The minimum absolute atomic E-state index is 0.113. The summed E-state index contributed by atoms with van der Waals surface area (Å²) >= 11 is 0. The molecular formula is C27H25N3O4. The van der Waals surface area contributed by atoms with Gasteiger partial charge in [0.1, 0.15) is 24.6 Å². The van der Waals surface area contributed by atoms with Crippen molar-refractivity contribution in [1.82, 2.24) is 10.2 Å². The molecule has 4 amide bonds. The summed E-state index contributed by atoms with van der Waals surface area (Å²) in [7, 11) is 0. The number of rotatable bonds is 7. The fourth-order valence-corrected chi connectivity index (χ4v) is 3.49. The fourth-order valence-electron chi connectivity index (χ4n) is 3.49. The van der Waals surface area contributed by atoms with E-state index in [1.807, 2.05) is 44.2 Å². The van der Waals surface area contributed by atoms with Gasteiger partial charge in [-0.15, -0.1) is 0 Å². The molecule has 0 spiro atoms. The van der Waals surface area contributed by atoms with Gasteiger partial charge in [-0.2, -0.15) is 0 Å². The van der Waals surface area contributed by atoms with E-state index in [1.54, 1.807) is 42.5 Å². The zero-order chi connectivity index (χ0) is 24.1. The van der Waals surface area contributed by atoms with Gasteiger partial charge in [0.15, 0.2) is 0 Å². The van der Waals surface area contributed by atoms with Crippen molar-refractivity contribution >= 4 is 29.6 Å². The Morgan fingerprint density at radius 2 is 1.71 bits per heavy atom. The molecule has 34 heavy (non-hydrogen) atoms. The van der Waals surface area contributed by atoms with E-state index in [2.05, 4.69) is 16.7 Å². The number of ether oxygens (including phenoxy) is 1. The standard InChI is InChI=1S/C27H25N3O4/c1-18-6-10-22(11-7-18)28-25(31)16-30-26(32)24(29-27(30)33)15-20-8-12-23(13-9-20)34-17-21-5-3-4-19(2)14-21/h3-15H,16-17H2,1-2H3,(H,28,31)(H,29,33)/b24-15+. The first-order chi connectivity index (χ1) is 16.4. The first-order valence-corrected chi connectivity index (χ1v) is 10.9. The number of carbonyl (C=O) groups is 3. The molecule has 0 aliphatic carbocycles. The Balaban J connectivity index is 1.35. The van der Waals surface area contributed by atoms with E-state index in [0.29, 0.717) is 18.0 Å². The number of nitrogens with zero attached hydrogens (tertiary/aromatic N) is 1. The molecule has 0 atom stereocenters. The normalized spacial score (nSPS) is 14.3. The van der Waals surface area contributed by atoms with Crippen molar-refractivity contribution < 1.29 is 19.1 Å². The SMILES string of the molecule is Cc1ccc(NC(=O)CN2C(=O)N/C(=C/c3ccc(OCc4cccc(C)c4)cc3)C2=O)cc1. The summed E-state index contributed by atoms with van der Waals surface area (Å²) in [6, 6.07) is 21.9. The highest BCUT2D eigenvalue weighted by Gasteiger charge is 2.34. The van der Waals surface area contributed by atoms with Crippen molar-refractivity contribution in [2.75, 3.05) is 11.9 Å². The van der Waals surface area contributed by atoms with Gasteiger partial charge in [-0.3, -0.25) is 9.59 Å². The second kappa shape index (κ2) is 10.0. The minimum Gasteiger partial charge on any atom is -0.489 e. The number of amides is 4. The van der Waals surface area contributed by atoms with Gasteiger partial charge in [0.2, 0.25) is 5.91 Å². The molecule has 3 aromatic rings. The first kappa shape index (κ1) is 22.8. The van der Waals surface area contributed by atoms with E-state index in [9.17, 15) is 14.4 Å². The molecule has 1 saturated heterocycles. The molecule has 2 N–H and O–H groups in total. The predicted molar refractivity (Wildman–Crippen MR) is 130 cm³/mol. The zero-order valence-corrected chi connectivity index (χ0v) is 19.0. The number of anilines is 1. The topological polar surface area (TPSA) is 87.7 Å². The highest BCUT2D eigenvalue weighted by Crippen LogP contribution is 2.19. The Bertz CT molecular complexity index is 1250. The second-order valence-electron chi connectivity index (χ2n) is 8.14. The maximum absolute atomic E-state index is 12.7. The largest absolute Gasteiger partial charge is 0.489 e. The lowest BCUT2D eigenvalue weighted by molar-refractivity contribution is -0.127. The van der Waals surface area contributed by atoms with Crippen LogP contribution in [0.4, 0.5) is 10.5 Å². The van der Waals surface area contributed by atoms with Gasteiger partial charge in [0.05, 0.1) is 0 Å². The smallest absolute Gasteiger partial charge is 0.329 e. The van der Waals surface area contributed by atoms with Crippen LogP contribution in [0.5, 0.6) is 5.75 Å². The van der Waals surface area contributed by atoms with Crippen molar-refractivity contribution in [1.29, 1.82) is 0 Å². The highest BCUT2D eigenvalue weighted by atomic mass is 16.5. The van der Waals surface area contributed by atoms with Crippen LogP contribution in [0.25, 0.3) is 6.08 Å². The third kappa shape index (κ3) is 5.69. The first-order valence-electron chi connectivity index (χ1n) is 10.9. The van der Waals surface area contributed by atoms with E-state index in [-0.39, 0.29) is 12.2 Å². The summed E-state index contributed by atoms with van der Waals surface area (Å²) < 4.78 is 5.82. The number of urea groups is 1. The lowest BCUT2D eigenvalue weighted by Gasteiger charge is -2.12. The molecule has 1 aliphatic rings. The van der Waals surface area contributed by atoms with Gasteiger partial charge in [0.25, 0.3) is 5.91 Å². The van der Waals surface area contributed by atoms with Crippen molar-refractivity contribution in [3.8, 4) is 5.75 Å². The highest BCUT2D eigenvalue weighted by molar-refractivity contribution is 6.15. The molecule has 7 nitrogen and oxygen atoms in total. The minimum atomic E-state index is -0.631. The van der Waals surface area contributed by atoms with Crippen molar-refractivity contribution in [2.45, 2.75) is 20.5 Å². The molecule has 1 aliphatic heterocycles. The van der Waals surface area contributed by atoms with E-state index in [4.69, 9.17) is 4.74 Å². The monoisotopic (exact) mass is 455 g/mol. The average Bonchev–Trinajstić information content (AvgIpc) is 3.07. The van der Waals surface area contributed by atoms with Crippen LogP contribution in [0, 0.1) is 13.8 Å². The third-order valence-corrected chi connectivity index (χ3v) is 5.28. The molecule has 0 aromatic heterocycles. The van der Waals surface area contributed by atoms with Crippen LogP contribution in [0.3, 0.4) is 0 Å². The Morgan fingerprint density at radius 1 is 0.971 bits per heavy atom. The molecule has 1 fully saturated rings. The van der Waals surface area contributed by atoms with Crippen LogP contribution in [-0.2, 0) is 16.2 Å².